The lowest BCUT2D eigenvalue weighted by atomic mass is 10.1. The van der Waals surface area contributed by atoms with Crippen molar-refractivity contribution in [1.29, 1.82) is 0 Å². The summed E-state index contributed by atoms with van der Waals surface area (Å²) in [5, 5.41) is 16.1. The second kappa shape index (κ2) is 17.3. The molecule has 0 radical (unpaired) electrons. The summed E-state index contributed by atoms with van der Waals surface area (Å²) < 4.78 is 131. The molecule has 0 aliphatic carbocycles. The number of carbonyl (C=O) groups excluding carboxylic acids is 2. The molecule has 57 heavy (non-hydrogen) atoms. The van der Waals surface area contributed by atoms with Gasteiger partial charge in [-0.15, -0.1) is 0 Å². The van der Waals surface area contributed by atoms with Gasteiger partial charge in [0.25, 0.3) is 37.7 Å². The number of nitrogens with one attached hydrogen (secondary N) is 3. The number of sulfone groups is 1. The number of benzene rings is 4. The van der Waals surface area contributed by atoms with Crippen LogP contribution in [0.3, 0.4) is 0 Å². The molecule has 0 saturated carbocycles. The first-order chi connectivity index (χ1) is 26.5. The van der Waals surface area contributed by atoms with Crippen molar-refractivity contribution in [3.05, 3.63) is 105 Å². The highest BCUT2D eigenvalue weighted by Gasteiger charge is 2.25. The van der Waals surface area contributed by atoms with Crippen molar-refractivity contribution in [2.45, 2.75) is 19.6 Å². The molecule has 0 aliphatic rings. The summed E-state index contributed by atoms with van der Waals surface area (Å²) in [5.41, 5.74) is -2.30. The van der Waals surface area contributed by atoms with Crippen LogP contribution in [0.1, 0.15) is 31.8 Å². The van der Waals surface area contributed by atoms with Gasteiger partial charge >= 0.3 is 0 Å². The number of methoxy groups -OCH3 is 2. The Kier molecular flexibility index (Phi) is 13.4. The van der Waals surface area contributed by atoms with Gasteiger partial charge in [0.2, 0.25) is 10.0 Å². The smallest absolute Gasteiger partial charge is 0.295 e. The number of hydrogen-bond donors (Lipinski definition) is 5. The second-order valence-corrected chi connectivity index (χ2v) is 18.2. The summed E-state index contributed by atoms with van der Waals surface area (Å²) in [6.45, 7) is -0.0237. The zero-order chi connectivity index (χ0) is 42.5. The van der Waals surface area contributed by atoms with E-state index >= 15 is 0 Å². The number of rotatable bonds is 16. The number of nitro benzene ring substituents is 1. The second-order valence-electron chi connectivity index (χ2n) is 11.7. The molecule has 0 unspecified atom stereocenters. The van der Waals surface area contributed by atoms with E-state index in [1.807, 2.05) is 0 Å². The summed E-state index contributed by atoms with van der Waals surface area (Å²) in [4.78, 5) is 33.9. The number of amides is 2. The maximum Gasteiger partial charge on any atom is 0.295 e. The van der Waals surface area contributed by atoms with Crippen LogP contribution in [-0.2, 0) is 44.8 Å². The molecule has 304 valence electrons. The maximum absolute atomic E-state index is 13.1. The van der Waals surface area contributed by atoms with Crippen LogP contribution >= 0.6 is 0 Å². The Hall–Kier alpha value is -5.60. The quantitative estimate of drug-likeness (QED) is 0.0355. The van der Waals surface area contributed by atoms with Crippen molar-refractivity contribution in [3.8, 4) is 5.75 Å². The van der Waals surface area contributed by atoms with Crippen molar-refractivity contribution in [3.63, 3.8) is 0 Å². The molecule has 0 aromatic heterocycles. The van der Waals surface area contributed by atoms with E-state index in [0.29, 0.717) is 6.07 Å². The van der Waals surface area contributed by atoms with Crippen molar-refractivity contribution >= 4 is 81.1 Å². The lowest BCUT2D eigenvalue weighted by Crippen LogP contribution is -2.28. The molecule has 5 N–H and O–H groups in total. The van der Waals surface area contributed by atoms with Crippen LogP contribution in [0.15, 0.2) is 92.4 Å². The van der Waals surface area contributed by atoms with E-state index in [-0.39, 0.29) is 57.4 Å². The topological polar surface area (TPSA) is 309 Å². The Morgan fingerprint density at radius 2 is 1.19 bits per heavy atom. The molecule has 4 rings (SSSR count). The number of anilines is 2. The molecule has 24 heteroatoms. The number of sulfonamides is 1. The Morgan fingerprint density at radius 1 is 0.702 bits per heavy atom. The monoisotopic (exact) mass is 868 g/mol. The molecular weight excluding hydrogens is 837 g/mol. The first-order valence-corrected chi connectivity index (χ1v) is 21.9. The van der Waals surface area contributed by atoms with Crippen LogP contribution in [0, 0.1) is 10.1 Å². The molecule has 0 heterocycles. The van der Waals surface area contributed by atoms with Gasteiger partial charge in [0, 0.05) is 48.5 Å². The summed E-state index contributed by atoms with van der Waals surface area (Å²) in [5.74, 6) is -1.98. The van der Waals surface area contributed by atoms with Gasteiger partial charge in [0.05, 0.1) is 18.6 Å². The average Bonchev–Trinajstić information content (AvgIpc) is 3.12. The lowest BCUT2D eigenvalue weighted by Gasteiger charge is -2.13. The molecule has 0 saturated heterocycles. The molecule has 0 atom stereocenters. The van der Waals surface area contributed by atoms with Gasteiger partial charge in [-0.25, -0.2) is 21.6 Å². The Labute approximate surface area is 326 Å². The van der Waals surface area contributed by atoms with E-state index in [2.05, 4.69) is 15.4 Å². The zero-order valence-electron chi connectivity index (χ0n) is 29.7. The van der Waals surface area contributed by atoms with E-state index < -0.39 is 77.2 Å². The van der Waals surface area contributed by atoms with Gasteiger partial charge in [-0.3, -0.25) is 28.8 Å². The minimum Gasteiger partial charge on any atom is -0.495 e. The Morgan fingerprint density at radius 3 is 1.63 bits per heavy atom. The fraction of sp³-hybridized carbons (Fsp3) is 0.152. The first kappa shape index (κ1) is 44.1. The molecular formula is C33H32N4O16S4. The van der Waals surface area contributed by atoms with Gasteiger partial charge in [-0.2, -0.15) is 16.8 Å². The minimum absolute atomic E-state index is 0.0582. The Balaban J connectivity index is 1.63. The highest BCUT2D eigenvalue weighted by molar-refractivity contribution is 7.91. The van der Waals surface area contributed by atoms with Crippen LogP contribution in [0.4, 0.5) is 17.1 Å². The molecule has 0 spiro atoms. The molecule has 4 aromatic carbocycles. The fourth-order valence-electron chi connectivity index (χ4n) is 5.03. The largest absolute Gasteiger partial charge is 0.495 e. The lowest BCUT2D eigenvalue weighted by molar-refractivity contribution is -0.387. The number of nitro groups is 1. The van der Waals surface area contributed by atoms with E-state index in [4.69, 9.17) is 9.47 Å². The van der Waals surface area contributed by atoms with Gasteiger partial charge in [-0.1, -0.05) is 24.3 Å². The third-order valence-electron chi connectivity index (χ3n) is 7.67. The average molecular weight is 869 g/mol. The maximum atomic E-state index is 13.1. The predicted molar refractivity (Wildman–Crippen MR) is 204 cm³/mol. The summed E-state index contributed by atoms with van der Waals surface area (Å²) in [6.07, 6.45) is 2.84. The number of nitrogens with zero attached hydrogens (tertiary/aromatic N) is 1. The molecule has 4 aromatic rings. The number of hydrogen-bond acceptors (Lipinski definition) is 14. The van der Waals surface area contributed by atoms with Crippen LogP contribution in [0.25, 0.3) is 12.2 Å². The van der Waals surface area contributed by atoms with Gasteiger partial charge in [-0.05, 0) is 65.7 Å². The molecule has 0 fully saturated rings. The van der Waals surface area contributed by atoms with Crippen LogP contribution in [0.5, 0.6) is 5.75 Å². The zero-order valence-corrected chi connectivity index (χ0v) is 33.0. The van der Waals surface area contributed by atoms with E-state index in [9.17, 15) is 62.5 Å². The van der Waals surface area contributed by atoms with Crippen molar-refractivity contribution in [2.75, 3.05) is 44.3 Å². The summed E-state index contributed by atoms with van der Waals surface area (Å²) in [7, 11) is -15.7. The van der Waals surface area contributed by atoms with Crippen molar-refractivity contribution in [2.24, 2.45) is 0 Å². The fourth-order valence-corrected chi connectivity index (χ4v) is 8.49. The van der Waals surface area contributed by atoms with Crippen molar-refractivity contribution in [1.82, 2.24) is 4.72 Å². The molecule has 0 bridgehead atoms. The third kappa shape index (κ3) is 11.0. The molecule has 2 amide bonds. The van der Waals surface area contributed by atoms with Crippen LogP contribution < -0.4 is 20.1 Å². The summed E-state index contributed by atoms with van der Waals surface area (Å²) >= 11 is 0. The summed E-state index contributed by atoms with van der Waals surface area (Å²) in [6, 6.07) is 12.4. The third-order valence-corrected chi connectivity index (χ3v) is 12.1. The minimum atomic E-state index is -5.04. The highest BCUT2D eigenvalue weighted by atomic mass is 32.2. The van der Waals surface area contributed by atoms with Crippen LogP contribution in [-0.4, -0.2) is 93.1 Å². The standard InChI is InChI=1S/C33H32N4O16S4/c1-52-15-14-34-55(44,45)31-17-23(8-12-27(31)53-2)33(39)36-25-11-7-21(30(19-25)57(49,50)51)5-4-20-6-10-24(18-29(20)56(46,47)48)35-32(38)22-9-13-28(54(3,42)43)26(16-22)37(40)41/h4-13,16-19,34H,14-15H2,1-3H3,(H,35,38)(H,36,39)(H,46,47,48)(H,49,50,51)/b5-4+. The predicted octanol–water partition coefficient (Wildman–Crippen LogP) is 3.10. The van der Waals surface area contributed by atoms with Gasteiger partial charge < -0.3 is 20.1 Å². The van der Waals surface area contributed by atoms with E-state index in [0.717, 1.165) is 60.9 Å². The van der Waals surface area contributed by atoms with Gasteiger partial charge in [0.1, 0.15) is 25.3 Å². The van der Waals surface area contributed by atoms with E-state index in [1.165, 1.54) is 38.5 Å². The molecule has 20 nitrogen and oxygen atoms in total. The van der Waals surface area contributed by atoms with Crippen molar-refractivity contribution < 1.29 is 66.8 Å². The SMILES string of the molecule is COCCNS(=O)(=O)c1cc(C(=O)Nc2ccc(/C=C/c3ccc(NC(=O)c4ccc(S(C)(=O)=O)c([N+](=O)[O-])c4)cc3S(=O)(=O)O)c(S(=O)(=O)O)c2)ccc1OC. The normalized spacial score (nSPS) is 12.3. The highest BCUT2D eigenvalue weighted by Crippen LogP contribution is 2.29. The Bertz CT molecular complexity index is 2750. The first-order valence-electron chi connectivity index (χ1n) is 15.7. The molecule has 0 aliphatic heterocycles. The number of ether oxygens (including phenoxy) is 2. The van der Waals surface area contributed by atoms with Gasteiger partial charge in [0.15, 0.2) is 9.84 Å². The van der Waals surface area contributed by atoms with E-state index in [1.54, 1.807) is 0 Å². The van der Waals surface area contributed by atoms with Crippen LogP contribution in [0.2, 0.25) is 0 Å². The number of carbonyl (C=O) groups is 2.